The van der Waals surface area contributed by atoms with Crippen molar-refractivity contribution in [1.29, 1.82) is 0 Å². The van der Waals surface area contributed by atoms with Crippen LogP contribution in [0.1, 0.15) is 40.2 Å². The Hall–Kier alpha value is -3.17. The van der Waals surface area contributed by atoms with E-state index in [-0.39, 0.29) is 18.2 Å². The zero-order valence-corrected chi connectivity index (χ0v) is 16.5. The lowest BCUT2D eigenvalue weighted by atomic mass is 10.0. The number of aromatic nitrogens is 2. The fourth-order valence-corrected chi connectivity index (χ4v) is 3.21. The van der Waals surface area contributed by atoms with E-state index in [0.717, 1.165) is 12.1 Å². The van der Waals surface area contributed by atoms with E-state index in [2.05, 4.69) is 15.3 Å². The molecule has 1 N–H and O–H groups in total. The maximum atomic E-state index is 12.9. The number of carbonyl (C=O) groups is 2. The zero-order chi connectivity index (χ0) is 21.9. The molecule has 160 valence electrons. The van der Waals surface area contributed by atoms with Crippen molar-refractivity contribution in [3.8, 4) is 0 Å². The monoisotopic (exact) mass is 422 g/mol. The number of hydrogen-bond donors (Lipinski definition) is 1. The number of ether oxygens (including phenoxy) is 1. The van der Waals surface area contributed by atoms with Crippen LogP contribution < -0.4 is 5.32 Å². The van der Waals surface area contributed by atoms with Gasteiger partial charge in [-0.15, -0.1) is 0 Å². The fraction of sp³-hybridized carbons (Fsp3) is 0.400. The van der Waals surface area contributed by atoms with Gasteiger partial charge in [0, 0.05) is 25.8 Å². The van der Waals surface area contributed by atoms with Gasteiger partial charge < -0.3 is 15.0 Å². The highest BCUT2D eigenvalue weighted by Gasteiger charge is 2.34. The molecule has 0 radical (unpaired) electrons. The molecule has 0 spiro atoms. The number of carbonyl (C=O) groups excluding carboxylic acids is 2. The van der Waals surface area contributed by atoms with Crippen LogP contribution in [0.15, 0.2) is 30.3 Å². The lowest BCUT2D eigenvalue weighted by Crippen LogP contribution is -2.45. The van der Waals surface area contributed by atoms with Gasteiger partial charge in [-0.3, -0.25) is 4.79 Å². The number of anilines is 1. The number of aryl methyl sites for hydroxylation is 1. The molecular formula is C20H21F3N4O3. The minimum absolute atomic E-state index is 0.00726. The van der Waals surface area contributed by atoms with Gasteiger partial charge in [0.15, 0.2) is 11.8 Å². The maximum Gasteiger partial charge on any atom is 0.416 e. The lowest BCUT2D eigenvalue weighted by molar-refractivity contribution is -0.145. The van der Waals surface area contributed by atoms with Crippen LogP contribution in [0.4, 0.5) is 19.1 Å². The highest BCUT2D eigenvalue weighted by molar-refractivity contribution is 5.91. The topological polar surface area (TPSA) is 84.4 Å². The Morgan fingerprint density at radius 2 is 2.07 bits per heavy atom. The van der Waals surface area contributed by atoms with E-state index < -0.39 is 29.7 Å². The van der Waals surface area contributed by atoms with E-state index in [1.807, 2.05) is 0 Å². The Kier molecular flexibility index (Phi) is 6.23. The van der Waals surface area contributed by atoms with Crippen LogP contribution in [-0.2, 0) is 22.3 Å². The molecular weight excluding hydrogens is 401 g/mol. The van der Waals surface area contributed by atoms with Gasteiger partial charge in [-0.05, 0) is 43.5 Å². The first-order valence-electron chi connectivity index (χ1n) is 9.36. The quantitative estimate of drug-likeness (QED) is 0.745. The molecule has 10 heteroatoms. The summed E-state index contributed by atoms with van der Waals surface area (Å²) in [5.74, 6) is -0.939. The number of likely N-dealkylation sites (tertiary alicyclic amines) is 1. The van der Waals surface area contributed by atoms with Crippen LogP contribution in [0, 0.1) is 6.92 Å². The highest BCUT2D eigenvalue weighted by atomic mass is 19.4. The summed E-state index contributed by atoms with van der Waals surface area (Å²) in [4.78, 5) is 34.7. The molecule has 1 aromatic carbocycles. The number of nitrogens with zero attached hydrogens (tertiary/aromatic N) is 3. The second-order valence-electron chi connectivity index (χ2n) is 6.96. The summed E-state index contributed by atoms with van der Waals surface area (Å²) in [6.45, 7) is 2.08. The Morgan fingerprint density at radius 3 is 2.77 bits per heavy atom. The minimum atomic E-state index is -4.46. The van der Waals surface area contributed by atoms with Gasteiger partial charge in [0.25, 0.3) is 5.91 Å². The molecule has 1 fully saturated rings. The normalized spacial score (nSPS) is 17.0. The van der Waals surface area contributed by atoms with Gasteiger partial charge in [-0.1, -0.05) is 12.1 Å². The Balaban J connectivity index is 1.70. The lowest BCUT2D eigenvalue weighted by Gasteiger charge is -2.32. The molecule has 0 saturated carbocycles. The third kappa shape index (κ3) is 5.05. The molecule has 1 atom stereocenters. The van der Waals surface area contributed by atoms with Crippen LogP contribution in [0.5, 0.6) is 0 Å². The fourth-order valence-electron chi connectivity index (χ4n) is 3.21. The van der Waals surface area contributed by atoms with Crippen LogP contribution in [0.3, 0.4) is 0 Å². The summed E-state index contributed by atoms with van der Waals surface area (Å²) in [6, 6.07) is 6.29. The molecule has 7 nitrogen and oxygen atoms in total. The predicted molar refractivity (Wildman–Crippen MR) is 102 cm³/mol. The first-order chi connectivity index (χ1) is 14.2. The van der Waals surface area contributed by atoms with Crippen molar-refractivity contribution in [1.82, 2.24) is 14.9 Å². The van der Waals surface area contributed by atoms with E-state index in [0.29, 0.717) is 30.6 Å². The van der Waals surface area contributed by atoms with E-state index in [9.17, 15) is 22.8 Å². The van der Waals surface area contributed by atoms with E-state index in [1.54, 1.807) is 14.0 Å². The third-order valence-corrected chi connectivity index (χ3v) is 4.65. The van der Waals surface area contributed by atoms with Gasteiger partial charge in [0.1, 0.15) is 0 Å². The van der Waals surface area contributed by atoms with Gasteiger partial charge in [-0.25, -0.2) is 14.8 Å². The maximum absolute atomic E-state index is 12.9. The van der Waals surface area contributed by atoms with Crippen molar-refractivity contribution < 1.29 is 27.5 Å². The summed E-state index contributed by atoms with van der Waals surface area (Å²) in [6.07, 6.45) is -4.56. The van der Waals surface area contributed by atoms with E-state index in [1.165, 1.54) is 23.1 Å². The molecule has 3 rings (SSSR count). The van der Waals surface area contributed by atoms with Crippen molar-refractivity contribution >= 4 is 17.8 Å². The SMILES string of the molecule is CNc1nc(C)cc(C(=O)OC2CCCN(Cc3cccc(C(F)(F)F)c3)C2=O)n1. The first kappa shape index (κ1) is 21.5. The molecule has 1 unspecified atom stereocenters. The number of hydrogen-bond acceptors (Lipinski definition) is 6. The molecule has 2 aromatic rings. The Labute approximate surface area is 171 Å². The highest BCUT2D eigenvalue weighted by Crippen LogP contribution is 2.30. The standard InChI is InChI=1S/C20H21F3N4O3/c1-12-9-15(26-19(24-2)25-12)18(29)30-16-7-4-8-27(17(16)28)11-13-5-3-6-14(10-13)20(21,22)23/h3,5-6,9-10,16H,4,7-8,11H2,1-2H3,(H,24,25,26). The molecule has 2 heterocycles. The number of alkyl halides is 3. The molecule has 1 aromatic heterocycles. The predicted octanol–water partition coefficient (Wildman–Crippen LogP) is 3.19. The van der Waals surface area contributed by atoms with Crippen LogP contribution >= 0.6 is 0 Å². The van der Waals surface area contributed by atoms with Gasteiger partial charge in [0.2, 0.25) is 5.95 Å². The summed E-state index contributed by atoms with van der Waals surface area (Å²) in [7, 11) is 1.61. The third-order valence-electron chi connectivity index (χ3n) is 4.65. The van der Waals surface area contributed by atoms with Crippen LogP contribution in [0.2, 0.25) is 0 Å². The molecule has 1 saturated heterocycles. The number of nitrogens with one attached hydrogen (secondary N) is 1. The number of rotatable bonds is 5. The second-order valence-corrected chi connectivity index (χ2v) is 6.96. The van der Waals surface area contributed by atoms with Gasteiger partial charge in [-0.2, -0.15) is 13.2 Å². The number of benzene rings is 1. The van der Waals surface area contributed by atoms with Crippen LogP contribution in [-0.4, -0.2) is 46.4 Å². The van der Waals surface area contributed by atoms with Crippen molar-refractivity contribution in [2.24, 2.45) is 0 Å². The average molecular weight is 422 g/mol. The van der Waals surface area contributed by atoms with Gasteiger partial charge in [0.05, 0.1) is 5.56 Å². The molecule has 0 bridgehead atoms. The first-order valence-corrected chi connectivity index (χ1v) is 9.36. The summed E-state index contributed by atoms with van der Waals surface area (Å²) in [5.41, 5.74) is 0.166. The number of halogens is 3. The van der Waals surface area contributed by atoms with E-state index in [4.69, 9.17) is 4.74 Å². The number of esters is 1. The number of piperidine rings is 1. The molecule has 1 aliphatic heterocycles. The summed E-state index contributed by atoms with van der Waals surface area (Å²) < 4.78 is 44.1. The smallest absolute Gasteiger partial charge is 0.416 e. The van der Waals surface area contributed by atoms with Crippen molar-refractivity contribution in [2.75, 3.05) is 18.9 Å². The second kappa shape index (κ2) is 8.68. The molecule has 0 aliphatic carbocycles. The molecule has 30 heavy (non-hydrogen) atoms. The Morgan fingerprint density at radius 1 is 1.30 bits per heavy atom. The zero-order valence-electron chi connectivity index (χ0n) is 16.5. The molecule has 1 aliphatic rings. The number of amides is 1. The van der Waals surface area contributed by atoms with Crippen molar-refractivity contribution in [3.63, 3.8) is 0 Å². The molecule has 1 amide bonds. The van der Waals surface area contributed by atoms with E-state index >= 15 is 0 Å². The summed E-state index contributed by atoms with van der Waals surface area (Å²) in [5, 5.41) is 2.74. The largest absolute Gasteiger partial charge is 0.448 e. The van der Waals surface area contributed by atoms with Gasteiger partial charge >= 0.3 is 12.1 Å². The Bertz CT molecular complexity index is 949. The van der Waals surface area contributed by atoms with Crippen LogP contribution in [0.25, 0.3) is 0 Å². The average Bonchev–Trinajstić information content (AvgIpc) is 2.70. The summed E-state index contributed by atoms with van der Waals surface area (Å²) >= 11 is 0. The minimum Gasteiger partial charge on any atom is -0.448 e. The van der Waals surface area contributed by atoms with Crippen molar-refractivity contribution in [2.45, 2.75) is 38.6 Å². The van der Waals surface area contributed by atoms with Crippen molar-refractivity contribution in [3.05, 3.63) is 52.8 Å².